The lowest BCUT2D eigenvalue weighted by Gasteiger charge is -2.08. The lowest BCUT2D eigenvalue weighted by Crippen LogP contribution is -2.23. The smallest absolute Gasteiger partial charge is 0.150 e. The summed E-state index contributed by atoms with van der Waals surface area (Å²) in [7, 11) is -2.78. The molecule has 0 aromatic rings. The zero-order valence-electron chi connectivity index (χ0n) is 8.20. The second kappa shape index (κ2) is 4.42. The molecule has 1 rings (SSSR count). The van der Waals surface area contributed by atoms with Gasteiger partial charge in [0.05, 0.1) is 5.75 Å². The molecule has 0 amide bonds. The Morgan fingerprint density at radius 1 is 1.46 bits per heavy atom. The summed E-state index contributed by atoms with van der Waals surface area (Å²) in [5, 5.41) is 0. The maximum Gasteiger partial charge on any atom is 0.150 e. The van der Waals surface area contributed by atoms with Crippen LogP contribution in [0.3, 0.4) is 0 Å². The van der Waals surface area contributed by atoms with E-state index in [0.717, 1.165) is 12.8 Å². The maximum absolute atomic E-state index is 11.1. The molecule has 0 saturated heterocycles. The second-order valence-corrected chi connectivity index (χ2v) is 6.35. The van der Waals surface area contributed by atoms with Gasteiger partial charge in [0.1, 0.15) is 9.84 Å². The molecule has 0 aliphatic heterocycles. The van der Waals surface area contributed by atoms with E-state index >= 15 is 0 Å². The molecule has 0 radical (unpaired) electrons. The van der Waals surface area contributed by atoms with Crippen molar-refractivity contribution in [3.8, 4) is 0 Å². The van der Waals surface area contributed by atoms with E-state index in [2.05, 4.69) is 0 Å². The molecule has 0 aromatic heterocycles. The van der Waals surface area contributed by atoms with Gasteiger partial charge in [0.2, 0.25) is 0 Å². The van der Waals surface area contributed by atoms with Crippen LogP contribution in [0.25, 0.3) is 0 Å². The number of rotatable bonds is 6. The molecule has 2 N–H and O–H groups in total. The van der Waals surface area contributed by atoms with Crippen LogP contribution in [0.4, 0.5) is 0 Å². The molecule has 1 aliphatic carbocycles. The third-order valence-electron chi connectivity index (χ3n) is 2.66. The van der Waals surface area contributed by atoms with E-state index in [1.54, 1.807) is 6.92 Å². The van der Waals surface area contributed by atoms with E-state index in [9.17, 15) is 8.42 Å². The topological polar surface area (TPSA) is 60.2 Å². The van der Waals surface area contributed by atoms with Crippen LogP contribution in [0.15, 0.2) is 0 Å². The molecular formula is C9H19NO2S. The first-order valence-corrected chi connectivity index (χ1v) is 6.83. The zero-order valence-corrected chi connectivity index (χ0v) is 9.02. The first-order chi connectivity index (χ1) is 6.05. The first-order valence-electron chi connectivity index (χ1n) is 5.01. The maximum atomic E-state index is 11.1. The van der Waals surface area contributed by atoms with Crippen LogP contribution in [0.1, 0.15) is 32.6 Å². The van der Waals surface area contributed by atoms with Crippen molar-refractivity contribution in [2.75, 3.05) is 11.5 Å². The zero-order chi connectivity index (χ0) is 9.90. The Kier molecular flexibility index (Phi) is 3.74. The monoisotopic (exact) mass is 205 g/mol. The average molecular weight is 205 g/mol. The molecule has 1 unspecified atom stereocenters. The van der Waals surface area contributed by atoms with Crippen molar-refractivity contribution in [1.82, 2.24) is 0 Å². The van der Waals surface area contributed by atoms with Crippen molar-refractivity contribution >= 4 is 9.84 Å². The quantitative estimate of drug-likeness (QED) is 0.702. The molecule has 78 valence electrons. The lowest BCUT2D eigenvalue weighted by atomic mass is 10.1. The number of nitrogens with two attached hydrogens (primary N) is 1. The van der Waals surface area contributed by atoms with Crippen LogP contribution in [-0.2, 0) is 9.84 Å². The van der Waals surface area contributed by atoms with E-state index in [1.165, 1.54) is 12.8 Å². The summed E-state index contributed by atoms with van der Waals surface area (Å²) in [5.41, 5.74) is 5.85. The van der Waals surface area contributed by atoms with Crippen LogP contribution in [0.5, 0.6) is 0 Å². The molecular weight excluding hydrogens is 186 g/mol. The Morgan fingerprint density at radius 2 is 2.08 bits per heavy atom. The van der Waals surface area contributed by atoms with Gasteiger partial charge in [0.15, 0.2) is 0 Å². The largest absolute Gasteiger partial charge is 0.327 e. The minimum absolute atomic E-state index is 0.243. The lowest BCUT2D eigenvalue weighted by molar-refractivity contribution is 0.537. The third-order valence-corrected chi connectivity index (χ3v) is 4.45. The predicted molar refractivity (Wildman–Crippen MR) is 54.3 cm³/mol. The van der Waals surface area contributed by atoms with Crippen LogP contribution in [0, 0.1) is 5.92 Å². The summed E-state index contributed by atoms with van der Waals surface area (Å²) in [5.74, 6) is 1.25. The molecule has 1 saturated carbocycles. The molecule has 1 fully saturated rings. The SMILES string of the molecule is CCS(=O)(=O)CCCC(N)C1CC1. The summed E-state index contributed by atoms with van der Waals surface area (Å²) in [6.07, 6.45) is 4.07. The van der Waals surface area contributed by atoms with Crippen molar-refractivity contribution < 1.29 is 8.42 Å². The van der Waals surface area contributed by atoms with Gasteiger partial charge < -0.3 is 5.73 Å². The highest BCUT2D eigenvalue weighted by molar-refractivity contribution is 7.91. The van der Waals surface area contributed by atoms with E-state index in [1.807, 2.05) is 0 Å². The van der Waals surface area contributed by atoms with Gasteiger partial charge >= 0.3 is 0 Å². The summed E-state index contributed by atoms with van der Waals surface area (Å²) < 4.78 is 22.3. The van der Waals surface area contributed by atoms with Gasteiger partial charge in [-0.15, -0.1) is 0 Å². The Hall–Kier alpha value is -0.0900. The van der Waals surface area contributed by atoms with Crippen molar-refractivity contribution in [2.45, 2.75) is 38.6 Å². The molecule has 1 aliphatic rings. The molecule has 0 bridgehead atoms. The van der Waals surface area contributed by atoms with Gasteiger partial charge in [-0.2, -0.15) is 0 Å². The molecule has 0 heterocycles. The minimum atomic E-state index is -2.78. The Balaban J connectivity index is 2.12. The Morgan fingerprint density at radius 3 is 2.54 bits per heavy atom. The van der Waals surface area contributed by atoms with Crippen LogP contribution in [-0.4, -0.2) is 26.0 Å². The fourth-order valence-electron chi connectivity index (χ4n) is 1.44. The van der Waals surface area contributed by atoms with Gasteiger partial charge in [-0.3, -0.25) is 0 Å². The molecule has 0 spiro atoms. The molecule has 0 aromatic carbocycles. The van der Waals surface area contributed by atoms with Gasteiger partial charge in [-0.05, 0) is 31.6 Å². The molecule has 3 nitrogen and oxygen atoms in total. The van der Waals surface area contributed by atoms with Crippen LogP contribution >= 0.6 is 0 Å². The van der Waals surface area contributed by atoms with E-state index in [0.29, 0.717) is 11.7 Å². The molecule has 4 heteroatoms. The third kappa shape index (κ3) is 4.09. The fourth-order valence-corrected chi connectivity index (χ4v) is 2.34. The average Bonchev–Trinajstić information content (AvgIpc) is 2.86. The summed E-state index contributed by atoms with van der Waals surface area (Å²) >= 11 is 0. The van der Waals surface area contributed by atoms with E-state index in [4.69, 9.17) is 5.73 Å². The van der Waals surface area contributed by atoms with E-state index < -0.39 is 9.84 Å². The van der Waals surface area contributed by atoms with E-state index in [-0.39, 0.29) is 11.8 Å². The summed E-state index contributed by atoms with van der Waals surface area (Å²) in [4.78, 5) is 0. The second-order valence-electron chi connectivity index (χ2n) is 3.88. The van der Waals surface area contributed by atoms with Gasteiger partial charge in [0.25, 0.3) is 0 Å². The summed E-state index contributed by atoms with van der Waals surface area (Å²) in [6, 6.07) is 0.243. The van der Waals surface area contributed by atoms with Crippen LogP contribution < -0.4 is 5.73 Å². The first kappa shape index (κ1) is 11.0. The standard InChI is InChI=1S/C9H19NO2S/c1-2-13(11,12)7-3-4-9(10)8-5-6-8/h8-9H,2-7,10H2,1H3. The van der Waals surface area contributed by atoms with Crippen molar-refractivity contribution in [3.63, 3.8) is 0 Å². The fraction of sp³-hybridized carbons (Fsp3) is 1.00. The number of sulfone groups is 1. The number of hydrogen-bond acceptors (Lipinski definition) is 3. The number of hydrogen-bond donors (Lipinski definition) is 1. The van der Waals surface area contributed by atoms with Gasteiger partial charge in [0, 0.05) is 11.8 Å². The highest BCUT2D eigenvalue weighted by Crippen LogP contribution is 2.33. The molecule has 13 heavy (non-hydrogen) atoms. The Bertz CT molecular complexity index is 244. The summed E-state index contributed by atoms with van der Waals surface area (Å²) in [6.45, 7) is 1.69. The highest BCUT2D eigenvalue weighted by atomic mass is 32.2. The van der Waals surface area contributed by atoms with Crippen LogP contribution in [0.2, 0.25) is 0 Å². The normalized spacial score (nSPS) is 20.2. The Labute approximate surface area is 80.6 Å². The predicted octanol–water partition coefficient (Wildman–Crippen LogP) is 0.939. The van der Waals surface area contributed by atoms with Crippen molar-refractivity contribution in [3.05, 3.63) is 0 Å². The van der Waals surface area contributed by atoms with Crippen molar-refractivity contribution in [2.24, 2.45) is 11.7 Å². The van der Waals surface area contributed by atoms with Gasteiger partial charge in [-0.1, -0.05) is 6.92 Å². The highest BCUT2D eigenvalue weighted by Gasteiger charge is 2.28. The minimum Gasteiger partial charge on any atom is -0.327 e. The van der Waals surface area contributed by atoms with Crippen molar-refractivity contribution in [1.29, 1.82) is 0 Å². The van der Waals surface area contributed by atoms with Gasteiger partial charge in [-0.25, -0.2) is 8.42 Å². The molecule has 1 atom stereocenters.